The van der Waals surface area contributed by atoms with Gasteiger partial charge in [-0.05, 0) is 41.5 Å². The first-order chi connectivity index (χ1) is 18.2. The van der Waals surface area contributed by atoms with Crippen LogP contribution >= 0.6 is 7.82 Å². The van der Waals surface area contributed by atoms with Crippen molar-refractivity contribution in [1.82, 2.24) is 9.55 Å². The molecule has 0 saturated carbocycles. The molecular weight excluding hydrogens is 562 g/mol. The van der Waals surface area contributed by atoms with Gasteiger partial charge in [0.15, 0.2) is 11.8 Å². The van der Waals surface area contributed by atoms with Gasteiger partial charge >= 0.3 is 25.5 Å². The number of aromatic nitrogens is 2. The van der Waals surface area contributed by atoms with Crippen molar-refractivity contribution in [2.45, 2.75) is 65.6 Å². The number of rotatable bonds is 10. The molecule has 0 aromatic carbocycles. The molecule has 3 N–H and O–H groups in total. The van der Waals surface area contributed by atoms with Crippen LogP contribution in [0, 0.1) is 29.0 Å². The molecule has 1 aliphatic rings. The molecule has 1 saturated heterocycles. The number of phosphoric ester groups is 1. The van der Waals surface area contributed by atoms with Gasteiger partial charge in [0.1, 0.15) is 12.2 Å². The zero-order valence-corrected chi connectivity index (χ0v) is 23.6. The molecule has 40 heavy (non-hydrogen) atoms. The van der Waals surface area contributed by atoms with Gasteiger partial charge in [0.2, 0.25) is 19.4 Å². The maximum absolute atomic E-state index is 13.8. The standard InChI is InChI=1S/C23H32FN2O13P/c1-8-23(32)15(27)14(39-17(23)26-9-13(24)16(28)25-20(26)31)10-36-40(33,37-11-34-18(29)21(2,3)4)38-12-35-19(30)22(5,6)7/h1,9,14-15,17,27,32H,10-12H2,2-7H3,(H,25,28,31)/t14?,15?,17-,23-/m1/s1. The molecule has 1 aliphatic heterocycles. The summed E-state index contributed by atoms with van der Waals surface area (Å²) in [6.07, 6.45) is 0.171. The molecule has 2 unspecified atom stereocenters. The number of terminal acetylenes is 1. The molecule has 0 amide bonds. The number of hydrogen-bond acceptors (Lipinski definition) is 13. The molecule has 4 atom stereocenters. The van der Waals surface area contributed by atoms with Crippen molar-refractivity contribution in [2.24, 2.45) is 10.8 Å². The van der Waals surface area contributed by atoms with Crippen LogP contribution in [0.2, 0.25) is 0 Å². The molecular formula is C23H32FN2O13P. The molecule has 15 nitrogen and oxygen atoms in total. The molecule has 2 rings (SSSR count). The van der Waals surface area contributed by atoms with Crippen molar-refractivity contribution in [3.63, 3.8) is 0 Å². The van der Waals surface area contributed by atoms with Crippen molar-refractivity contribution >= 4 is 19.8 Å². The predicted octanol–water partition coefficient (Wildman–Crippen LogP) is 0.550. The molecule has 2 heterocycles. The summed E-state index contributed by atoms with van der Waals surface area (Å²) in [5, 5.41) is 21.5. The van der Waals surface area contributed by atoms with Crippen LogP contribution in [-0.2, 0) is 41.9 Å². The molecule has 1 aromatic heterocycles. The smallest absolute Gasteiger partial charge is 0.437 e. The van der Waals surface area contributed by atoms with E-state index in [4.69, 9.17) is 34.2 Å². The fourth-order valence-corrected chi connectivity index (χ4v) is 3.89. The van der Waals surface area contributed by atoms with Crippen LogP contribution in [0.4, 0.5) is 4.39 Å². The number of halogens is 1. The Bertz CT molecular complexity index is 1270. The third-order valence-electron chi connectivity index (χ3n) is 5.31. The summed E-state index contributed by atoms with van der Waals surface area (Å²) in [5.74, 6) is -1.02. The molecule has 224 valence electrons. The molecule has 0 bridgehead atoms. The summed E-state index contributed by atoms with van der Waals surface area (Å²) in [4.78, 5) is 49.2. The first-order valence-electron chi connectivity index (χ1n) is 11.7. The Morgan fingerprint density at radius 2 is 1.62 bits per heavy atom. The zero-order chi connectivity index (χ0) is 30.7. The van der Waals surface area contributed by atoms with Gasteiger partial charge in [0.25, 0.3) is 5.56 Å². The Morgan fingerprint density at radius 1 is 1.12 bits per heavy atom. The maximum atomic E-state index is 13.8. The highest BCUT2D eigenvalue weighted by Gasteiger charge is 2.56. The van der Waals surface area contributed by atoms with E-state index < -0.39 is 91.9 Å². The Hall–Kier alpha value is -2.90. The first-order valence-corrected chi connectivity index (χ1v) is 13.1. The molecule has 17 heteroatoms. The van der Waals surface area contributed by atoms with Gasteiger partial charge in [-0.25, -0.2) is 18.4 Å². The van der Waals surface area contributed by atoms with Crippen molar-refractivity contribution in [1.29, 1.82) is 0 Å². The van der Waals surface area contributed by atoms with Crippen molar-refractivity contribution < 1.29 is 56.5 Å². The monoisotopic (exact) mass is 594 g/mol. The average molecular weight is 594 g/mol. The normalized spacial score (nSPS) is 23.4. The number of aliphatic hydroxyl groups excluding tert-OH is 1. The van der Waals surface area contributed by atoms with Gasteiger partial charge in [0.05, 0.1) is 23.6 Å². The second-order valence-corrected chi connectivity index (χ2v) is 12.4. The zero-order valence-electron chi connectivity index (χ0n) is 22.7. The van der Waals surface area contributed by atoms with Crippen LogP contribution in [0.5, 0.6) is 0 Å². The van der Waals surface area contributed by atoms with E-state index in [9.17, 15) is 38.3 Å². The number of nitrogens with one attached hydrogen (secondary N) is 1. The summed E-state index contributed by atoms with van der Waals surface area (Å²) < 4.78 is 57.8. The van der Waals surface area contributed by atoms with Crippen molar-refractivity contribution in [3.05, 3.63) is 32.9 Å². The number of ether oxygens (including phenoxy) is 3. The number of H-pyrrole nitrogens is 1. The van der Waals surface area contributed by atoms with Crippen LogP contribution in [0.15, 0.2) is 15.8 Å². The number of aliphatic hydroxyl groups is 2. The van der Waals surface area contributed by atoms with Crippen LogP contribution in [-0.4, -0.2) is 69.7 Å². The van der Waals surface area contributed by atoms with Crippen LogP contribution in [0.25, 0.3) is 0 Å². The second-order valence-electron chi connectivity index (χ2n) is 10.7. The fourth-order valence-electron chi connectivity index (χ4n) is 2.97. The highest BCUT2D eigenvalue weighted by atomic mass is 31.2. The highest BCUT2D eigenvalue weighted by molar-refractivity contribution is 7.48. The van der Waals surface area contributed by atoms with E-state index in [0.717, 1.165) is 0 Å². The summed E-state index contributed by atoms with van der Waals surface area (Å²) in [6.45, 7) is 6.58. The number of hydrogen-bond donors (Lipinski definition) is 3. The van der Waals surface area contributed by atoms with E-state index in [2.05, 4.69) is 0 Å². The molecule has 0 spiro atoms. The van der Waals surface area contributed by atoms with E-state index >= 15 is 0 Å². The van der Waals surface area contributed by atoms with Crippen molar-refractivity contribution in [3.8, 4) is 12.3 Å². The van der Waals surface area contributed by atoms with Gasteiger partial charge in [-0.2, -0.15) is 4.39 Å². The topological polar surface area (TPSA) is 202 Å². The molecule has 0 aliphatic carbocycles. The van der Waals surface area contributed by atoms with Gasteiger partial charge < -0.3 is 24.4 Å². The highest BCUT2D eigenvalue weighted by Crippen LogP contribution is 2.50. The second kappa shape index (κ2) is 12.3. The average Bonchev–Trinajstić information content (AvgIpc) is 3.09. The third kappa shape index (κ3) is 7.85. The Balaban J connectivity index is 2.23. The predicted molar refractivity (Wildman–Crippen MR) is 132 cm³/mol. The minimum Gasteiger partial charge on any atom is -0.437 e. The number of nitrogens with zero attached hydrogens (tertiary/aromatic N) is 1. The van der Waals surface area contributed by atoms with E-state index in [1.165, 1.54) is 0 Å². The third-order valence-corrected chi connectivity index (χ3v) is 6.62. The number of esters is 2. The summed E-state index contributed by atoms with van der Waals surface area (Å²) in [5.41, 5.74) is -7.10. The van der Waals surface area contributed by atoms with Gasteiger partial charge in [-0.15, -0.1) is 6.42 Å². The summed E-state index contributed by atoms with van der Waals surface area (Å²) >= 11 is 0. The number of aromatic amines is 1. The minimum absolute atomic E-state index is 0.407. The summed E-state index contributed by atoms with van der Waals surface area (Å²) in [7, 11) is -4.74. The first kappa shape index (κ1) is 33.3. The summed E-state index contributed by atoms with van der Waals surface area (Å²) in [6, 6.07) is 0. The van der Waals surface area contributed by atoms with E-state index in [-0.39, 0.29) is 0 Å². The lowest BCUT2D eigenvalue weighted by molar-refractivity contribution is -0.163. The number of phosphoric acid groups is 1. The van der Waals surface area contributed by atoms with Crippen LogP contribution < -0.4 is 11.2 Å². The molecule has 1 aromatic rings. The quantitative estimate of drug-likeness (QED) is 0.147. The van der Waals surface area contributed by atoms with E-state index in [1.807, 2.05) is 5.92 Å². The minimum atomic E-state index is -4.74. The lowest BCUT2D eigenvalue weighted by atomic mass is 9.95. The molecule has 0 radical (unpaired) electrons. The Labute approximate surface area is 228 Å². The number of carbonyl (C=O) groups excluding carboxylic acids is 2. The van der Waals surface area contributed by atoms with Gasteiger partial charge in [-0.1, -0.05) is 5.92 Å². The lowest BCUT2D eigenvalue weighted by Crippen LogP contribution is -2.48. The largest absolute Gasteiger partial charge is 0.480 e. The fraction of sp³-hybridized carbons (Fsp3) is 0.652. The van der Waals surface area contributed by atoms with Crippen LogP contribution in [0.3, 0.4) is 0 Å². The van der Waals surface area contributed by atoms with E-state index in [0.29, 0.717) is 10.8 Å². The van der Waals surface area contributed by atoms with Gasteiger partial charge in [-0.3, -0.25) is 28.5 Å². The molecule has 1 fully saturated rings. The van der Waals surface area contributed by atoms with Gasteiger partial charge in [0, 0.05) is 0 Å². The van der Waals surface area contributed by atoms with Crippen molar-refractivity contribution in [2.75, 3.05) is 20.2 Å². The van der Waals surface area contributed by atoms with Crippen LogP contribution in [0.1, 0.15) is 47.8 Å². The lowest BCUT2D eigenvalue weighted by Gasteiger charge is -2.26. The number of carbonyl (C=O) groups is 2. The van der Waals surface area contributed by atoms with E-state index in [1.54, 1.807) is 46.5 Å². The Kier molecular flexibility index (Phi) is 10.3. The Morgan fingerprint density at radius 3 is 2.08 bits per heavy atom. The maximum Gasteiger partial charge on any atom is 0.480 e. The SMILES string of the molecule is C#C[C@@]1(O)C(O)C(COP(=O)(OCOC(=O)C(C)(C)C)OCOC(=O)C(C)(C)C)O[C@H]1n1cc(F)c(=O)[nH]c1=O.